The highest BCUT2D eigenvalue weighted by Gasteiger charge is 2.25. The van der Waals surface area contributed by atoms with Crippen LogP contribution in [0.2, 0.25) is 0 Å². The van der Waals surface area contributed by atoms with E-state index in [1.54, 1.807) is 0 Å². The fourth-order valence-corrected chi connectivity index (χ4v) is 1.43. The van der Waals surface area contributed by atoms with Crippen LogP contribution >= 0.6 is 0 Å². The SMILES string of the molecule is CCNC(=O)CN(CC)C(=O)CC(N)C(C)(C)C. The molecule has 0 aliphatic rings. The Bertz CT molecular complexity index is 284. The van der Waals surface area contributed by atoms with Crippen molar-refractivity contribution in [3.8, 4) is 0 Å². The van der Waals surface area contributed by atoms with E-state index in [4.69, 9.17) is 5.73 Å². The summed E-state index contributed by atoms with van der Waals surface area (Å²) in [5, 5.41) is 2.68. The maximum absolute atomic E-state index is 12.0. The molecule has 3 N–H and O–H groups in total. The Morgan fingerprint density at radius 1 is 1.28 bits per heavy atom. The first-order valence-corrected chi connectivity index (χ1v) is 6.52. The first-order chi connectivity index (χ1) is 8.22. The summed E-state index contributed by atoms with van der Waals surface area (Å²) in [5.41, 5.74) is 5.88. The summed E-state index contributed by atoms with van der Waals surface area (Å²) < 4.78 is 0. The minimum Gasteiger partial charge on any atom is -0.355 e. The third-order valence-corrected chi connectivity index (χ3v) is 2.95. The summed E-state index contributed by atoms with van der Waals surface area (Å²) in [6.45, 7) is 10.9. The Kier molecular flexibility index (Phi) is 6.91. The second-order valence-electron chi connectivity index (χ2n) is 5.54. The highest BCUT2D eigenvalue weighted by molar-refractivity contribution is 5.85. The van der Waals surface area contributed by atoms with Gasteiger partial charge in [0.15, 0.2) is 0 Å². The molecule has 0 fully saturated rings. The molecule has 2 amide bonds. The van der Waals surface area contributed by atoms with Crippen molar-refractivity contribution in [3.05, 3.63) is 0 Å². The van der Waals surface area contributed by atoms with Crippen molar-refractivity contribution >= 4 is 11.8 Å². The third kappa shape index (κ3) is 6.00. The predicted octanol–water partition coefficient (Wildman–Crippen LogP) is 0.735. The molecule has 0 aromatic carbocycles. The van der Waals surface area contributed by atoms with Gasteiger partial charge in [-0.05, 0) is 19.3 Å². The average Bonchev–Trinajstić information content (AvgIpc) is 2.24. The molecule has 0 aromatic heterocycles. The second kappa shape index (κ2) is 7.36. The maximum Gasteiger partial charge on any atom is 0.239 e. The molecule has 0 spiro atoms. The first kappa shape index (κ1) is 16.9. The molecule has 0 aliphatic carbocycles. The number of carbonyl (C=O) groups is 2. The Balaban J connectivity index is 4.40. The topological polar surface area (TPSA) is 75.4 Å². The molecular weight excluding hydrogens is 230 g/mol. The van der Waals surface area contributed by atoms with Gasteiger partial charge in [0.25, 0.3) is 0 Å². The zero-order valence-corrected chi connectivity index (χ0v) is 12.2. The van der Waals surface area contributed by atoms with E-state index >= 15 is 0 Å². The number of nitrogens with one attached hydrogen (secondary N) is 1. The van der Waals surface area contributed by atoms with Crippen molar-refractivity contribution in [1.82, 2.24) is 10.2 Å². The van der Waals surface area contributed by atoms with Gasteiger partial charge in [-0.3, -0.25) is 9.59 Å². The van der Waals surface area contributed by atoms with Crippen LogP contribution in [0.1, 0.15) is 41.0 Å². The number of nitrogens with zero attached hydrogens (tertiary/aromatic N) is 1. The third-order valence-electron chi connectivity index (χ3n) is 2.95. The zero-order valence-electron chi connectivity index (χ0n) is 12.2. The van der Waals surface area contributed by atoms with Gasteiger partial charge in [0.2, 0.25) is 11.8 Å². The van der Waals surface area contributed by atoms with Gasteiger partial charge in [-0.25, -0.2) is 0 Å². The smallest absolute Gasteiger partial charge is 0.239 e. The van der Waals surface area contributed by atoms with Crippen molar-refractivity contribution in [1.29, 1.82) is 0 Å². The van der Waals surface area contributed by atoms with Crippen molar-refractivity contribution in [2.45, 2.75) is 47.1 Å². The first-order valence-electron chi connectivity index (χ1n) is 6.52. The lowest BCUT2D eigenvalue weighted by atomic mass is 9.85. The van der Waals surface area contributed by atoms with Gasteiger partial charge >= 0.3 is 0 Å². The zero-order chi connectivity index (χ0) is 14.3. The van der Waals surface area contributed by atoms with Crippen LogP contribution in [0.3, 0.4) is 0 Å². The number of hydrogen-bond donors (Lipinski definition) is 2. The standard InChI is InChI=1S/C13H27N3O2/c1-6-15-11(17)9-16(7-2)12(18)8-10(14)13(3,4)5/h10H,6-9,14H2,1-5H3,(H,15,17). The molecule has 0 heterocycles. The molecule has 0 saturated heterocycles. The molecule has 0 radical (unpaired) electrons. The van der Waals surface area contributed by atoms with Crippen molar-refractivity contribution < 1.29 is 9.59 Å². The Labute approximate surface area is 110 Å². The lowest BCUT2D eigenvalue weighted by Crippen LogP contribution is -2.45. The molecule has 0 rings (SSSR count). The van der Waals surface area contributed by atoms with Gasteiger partial charge in [0.1, 0.15) is 0 Å². The maximum atomic E-state index is 12.0. The van der Waals surface area contributed by atoms with Crippen molar-refractivity contribution in [2.24, 2.45) is 11.1 Å². The van der Waals surface area contributed by atoms with Crippen LogP contribution in [-0.4, -0.2) is 42.4 Å². The Morgan fingerprint density at radius 3 is 2.22 bits per heavy atom. The summed E-state index contributed by atoms with van der Waals surface area (Å²) in [4.78, 5) is 25.0. The summed E-state index contributed by atoms with van der Waals surface area (Å²) in [6, 6.07) is -0.201. The number of amides is 2. The van der Waals surface area contributed by atoms with Crippen LogP contribution in [0.25, 0.3) is 0 Å². The lowest BCUT2D eigenvalue weighted by molar-refractivity contribution is -0.136. The van der Waals surface area contributed by atoms with Gasteiger partial charge in [-0.15, -0.1) is 0 Å². The van der Waals surface area contributed by atoms with Crippen molar-refractivity contribution in [3.63, 3.8) is 0 Å². The van der Waals surface area contributed by atoms with Gasteiger partial charge in [0.05, 0.1) is 6.54 Å². The Morgan fingerprint density at radius 2 is 1.83 bits per heavy atom. The highest BCUT2D eigenvalue weighted by Crippen LogP contribution is 2.20. The van der Waals surface area contributed by atoms with Gasteiger partial charge in [-0.2, -0.15) is 0 Å². The van der Waals surface area contributed by atoms with Crippen molar-refractivity contribution in [2.75, 3.05) is 19.6 Å². The monoisotopic (exact) mass is 257 g/mol. The molecule has 1 atom stereocenters. The normalized spacial score (nSPS) is 13.0. The van der Waals surface area contributed by atoms with Crippen LogP contribution in [0.5, 0.6) is 0 Å². The van der Waals surface area contributed by atoms with E-state index < -0.39 is 0 Å². The van der Waals surface area contributed by atoms with Crippen LogP contribution < -0.4 is 11.1 Å². The molecule has 0 saturated carbocycles. The average molecular weight is 257 g/mol. The van der Waals surface area contributed by atoms with E-state index in [1.165, 1.54) is 4.90 Å². The van der Waals surface area contributed by atoms with E-state index in [0.29, 0.717) is 13.1 Å². The minimum absolute atomic E-state index is 0.0637. The van der Waals surface area contributed by atoms with E-state index in [1.807, 2.05) is 34.6 Å². The van der Waals surface area contributed by atoms with Crippen LogP contribution in [0.4, 0.5) is 0 Å². The fourth-order valence-electron chi connectivity index (χ4n) is 1.43. The number of carbonyl (C=O) groups excluding carboxylic acids is 2. The number of hydrogen-bond acceptors (Lipinski definition) is 3. The molecule has 5 nitrogen and oxygen atoms in total. The molecule has 0 bridgehead atoms. The Hall–Kier alpha value is -1.10. The second-order valence-corrected chi connectivity index (χ2v) is 5.54. The van der Waals surface area contributed by atoms with E-state index in [0.717, 1.165) is 0 Å². The fraction of sp³-hybridized carbons (Fsp3) is 0.846. The summed E-state index contributed by atoms with van der Waals surface area (Å²) in [6.07, 6.45) is 0.275. The predicted molar refractivity (Wildman–Crippen MR) is 73.0 cm³/mol. The lowest BCUT2D eigenvalue weighted by Gasteiger charge is -2.29. The molecule has 18 heavy (non-hydrogen) atoms. The van der Waals surface area contributed by atoms with Crippen LogP contribution in [0, 0.1) is 5.41 Å². The minimum atomic E-state index is -0.201. The highest BCUT2D eigenvalue weighted by atomic mass is 16.2. The molecular formula is C13H27N3O2. The van der Waals surface area contributed by atoms with Gasteiger partial charge < -0.3 is 16.0 Å². The van der Waals surface area contributed by atoms with Gasteiger partial charge in [-0.1, -0.05) is 20.8 Å². The number of likely N-dealkylation sites (N-methyl/N-ethyl adjacent to an activating group) is 2. The number of rotatable bonds is 6. The summed E-state index contributed by atoms with van der Waals surface area (Å²) >= 11 is 0. The molecule has 5 heteroatoms. The molecule has 0 aliphatic heterocycles. The largest absolute Gasteiger partial charge is 0.355 e. The summed E-state index contributed by atoms with van der Waals surface area (Å²) in [5.74, 6) is -0.191. The van der Waals surface area contributed by atoms with E-state index in [9.17, 15) is 9.59 Å². The summed E-state index contributed by atoms with van der Waals surface area (Å²) in [7, 11) is 0. The van der Waals surface area contributed by atoms with Gasteiger partial charge in [0, 0.05) is 25.6 Å². The molecule has 106 valence electrons. The quantitative estimate of drug-likeness (QED) is 0.736. The number of nitrogens with two attached hydrogens (primary N) is 1. The van der Waals surface area contributed by atoms with Crippen LogP contribution in [-0.2, 0) is 9.59 Å². The van der Waals surface area contributed by atoms with E-state index in [2.05, 4.69) is 5.32 Å². The van der Waals surface area contributed by atoms with Crippen LogP contribution in [0.15, 0.2) is 0 Å². The molecule has 0 aromatic rings. The van der Waals surface area contributed by atoms with E-state index in [-0.39, 0.29) is 36.2 Å². The molecule has 1 unspecified atom stereocenters.